The second-order valence-electron chi connectivity index (χ2n) is 6.46. The van der Waals surface area contributed by atoms with Gasteiger partial charge in [0.15, 0.2) is 0 Å². The predicted octanol–water partition coefficient (Wildman–Crippen LogP) is 4.17. The van der Waals surface area contributed by atoms with Crippen LogP contribution in [0.25, 0.3) is 10.9 Å². The molecule has 0 bridgehead atoms. The molecule has 0 aliphatic heterocycles. The van der Waals surface area contributed by atoms with Gasteiger partial charge in [0, 0.05) is 11.9 Å². The fourth-order valence-corrected chi connectivity index (χ4v) is 3.58. The lowest BCUT2D eigenvalue weighted by Crippen LogP contribution is -2.27. The number of thioether (sulfide) groups is 1. The van der Waals surface area contributed by atoms with Crippen molar-refractivity contribution in [2.24, 2.45) is 0 Å². The SMILES string of the molecule is Cc1cc2cc(C#N)c(SCC(=O)NCCc3ccccc3)nc2cc1C. The Balaban J connectivity index is 1.62. The lowest BCUT2D eigenvalue weighted by Gasteiger charge is -2.08. The summed E-state index contributed by atoms with van der Waals surface area (Å²) in [7, 11) is 0. The fraction of sp³-hybridized carbons (Fsp3) is 0.227. The van der Waals surface area contributed by atoms with Gasteiger partial charge in [0.2, 0.25) is 5.91 Å². The molecule has 0 saturated carbocycles. The summed E-state index contributed by atoms with van der Waals surface area (Å²) in [5, 5.41) is 13.9. The van der Waals surface area contributed by atoms with E-state index in [2.05, 4.69) is 16.4 Å². The van der Waals surface area contributed by atoms with E-state index in [1.54, 1.807) is 0 Å². The summed E-state index contributed by atoms with van der Waals surface area (Å²) in [4.78, 5) is 16.7. The minimum Gasteiger partial charge on any atom is -0.355 e. The lowest BCUT2D eigenvalue weighted by atomic mass is 10.1. The molecule has 1 N–H and O–H groups in total. The monoisotopic (exact) mass is 375 g/mol. The number of nitrogens with zero attached hydrogens (tertiary/aromatic N) is 2. The second-order valence-corrected chi connectivity index (χ2v) is 7.42. The van der Waals surface area contributed by atoms with E-state index in [1.807, 2.05) is 62.4 Å². The van der Waals surface area contributed by atoms with Crippen molar-refractivity contribution in [3.8, 4) is 6.07 Å². The quantitative estimate of drug-likeness (QED) is 0.657. The van der Waals surface area contributed by atoms with Gasteiger partial charge in [0.25, 0.3) is 0 Å². The summed E-state index contributed by atoms with van der Waals surface area (Å²) in [6.45, 7) is 4.68. The van der Waals surface area contributed by atoms with Crippen LogP contribution in [-0.4, -0.2) is 23.2 Å². The van der Waals surface area contributed by atoms with Crippen LogP contribution in [0.1, 0.15) is 22.3 Å². The summed E-state index contributed by atoms with van der Waals surface area (Å²) in [5.41, 5.74) is 4.89. The number of hydrogen-bond acceptors (Lipinski definition) is 4. The van der Waals surface area contributed by atoms with Gasteiger partial charge >= 0.3 is 0 Å². The molecule has 4 nitrogen and oxygen atoms in total. The van der Waals surface area contributed by atoms with Crippen LogP contribution < -0.4 is 5.32 Å². The van der Waals surface area contributed by atoms with Gasteiger partial charge in [-0.3, -0.25) is 4.79 Å². The van der Waals surface area contributed by atoms with Crippen molar-refractivity contribution in [1.29, 1.82) is 5.26 Å². The van der Waals surface area contributed by atoms with Gasteiger partial charge in [-0.25, -0.2) is 4.98 Å². The number of aryl methyl sites for hydroxylation is 2. The summed E-state index contributed by atoms with van der Waals surface area (Å²) in [5.74, 6) is 0.189. The molecule has 5 heteroatoms. The largest absolute Gasteiger partial charge is 0.355 e. The van der Waals surface area contributed by atoms with Gasteiger partial charge in [-0.05, 0) is 55.2 Å². The standard InChI is InChI=1S/C22H21N3OS/c1-15-10-18-12-19(13-23)22(25-20(18)11-16(15)2)27-14-21(26)24-9-8-17-6-4-3-5-7-17/h3-7,10-12H,8-9,14H2,1-2H3,(H,24,26). The van der Waals surface area contributed by atoms with Crippen LogP contribution >= 0.6 is 11.8 Å². The van der Waals surface area contributed by atoms with Crippen LogP contribution in [0.3, 0.4) is 0 Å². The minimum atomic E-state index is -0.0539. The van der Waals surface area contributed by atoms with Gasteiger partial charge in [0.1, 0.15) is 11.1 Å². The van der Waals surface area contributed by atoms with Crippen LogP contribution in [0.15, 0.2) is 53.6 Å². The minimum absolute atomic E-state index is 0.0539. The van der Waals surface area contributed by atoms with Gasteiger partial charge in [-0.1, -0.05) is 42.1 Å². The number of amides is 1. The van der Waals surface area contributed by atoms with Crippen LogP contribution in [0.5, 0.6) is 0 Å². The molecule has 0 unspecified atom stereocenters. The Morgan fingerprint density at radius 2 is 1.89 bits per heavy atom. The number of aromatic nitrogens is 1. The maximum atomic E-state index is 12.1. The molecule has 1 heterocycles. The molecule has 0 atom stereocenters. The summed E-state index contributed by atoms with van der Waals surface area (Å²) in [6.07, 6.45) is 0.799. The van der Waals surface area contributed by atoms with E-state index in [0.717, 1.165) is 22.9 Å². The topological polar surface area (TPSA) is 65.8 Å². The van der Waals surface area contributed by atoms with Crippen molar-refractivity contribution in [1.82, 2.24) is 10.3 Å². The molecule has 136 valence electrons. The predicted molar refractivity (Wildman–Crippen MR) is 110 cm³/mol. The normalized spacial score (nSPS) is 10.6. The average molecular weight is 375 g/mol. The average Bonchev–Trinajstić information content (AvgIpc) is 2.67. The molecule has 2 aromatic carbocycles. The lowest BCUT2D eigenvalue weighted by molar-refractivity contribution is -0.118. The van der Waals surface area contributed by atoms with E-state index in [0.29, 0.717) is 17.1 Å². The van der Waals surface area contributed by atoms with E-state index in [-0.39, 0.29) is 11.7 Å². The highest BCUT2D eigenvalue weighted by atomic mass is 32.2. The van der Waals surface area contributed by atoms with Crippen LogP contribution in [-0.2, 0) is 11.2 Å². The van der Waals surface area contributed by atoms with Crippen molar-refractivity contribution < 1.29 is 4.79 Å². The Bertz CT molecular complexity index is 1010. The molecule has 27 heavy (non-hydrogen) atoms. The van der Waals surface area contributed by atoms with E-state index >= 15 is 0 Å². The molecule has 3 aromatic rings. The molecule has 3 rings (SSSR count). The number of carbonyl (C=O) groups is 1. The number of nitrogens with one attached hydrogen (secondary N) is 1. The van der Waals surface area contributed by atoms with Gasteiger partial charge in [0.05, 0.1) is 16.8 Å². The molecular formula is C22H21N3OS. The highest BCUT2D eigenvalue weighted by molar-refractivity contribution is 8.00. The molecular weight excluding hydrogens is 354 g/mol. The van der Waals surface area contributed by atoms with Crippen molar-refractivity contribution in [2.75, 3.05) is 12.3 Å². The Kier molecular flexibility index (Phi) is 6.10. The van der Waals surface area contributed by atoms with E-state index in [1.165, 1.54) is 22.9 Å². The molecule has 0 aliphatic carbocycles. The van der Waals surface area contributed by atoms with E-state index in [4.69, 9.17) is 0 Å². The van der Waals surface area contributed by atoms with Gasteiger partial charge in [-0.15, -0.1) is 0 Å². The molecule has 0 spiro atoms. The number of pyridine rings is 1. The first-order valence-electron chi connectivity index (χ1n) is 8.82. The van der Waals surface area contributed by atoms with E-state index in [9.17, 15) is 10.1 Å². The van der Waals surface area contributed by atoms with Gasteiger partial charge < -0.3 is 5.32 Å². The number of rotatable bonds is 6. The molecule has 0 saturated heterocycles. The molecule has 0 fully saturated rings. The molecule has 0 radical (unpaired) electrons. The van der Waals surface area contributed by atoms with Crippen LogP contribution in [0.2, 0.25) is 0 Å². The zero-order valence-corrected chi connectivity index (χ0v) is 16.3. The third kappa shape index (κ3) is 4.87. The number of fused-ring (bicyclic) bond motifs is 1. The summed E-state index contributed by atoms with van der Waals surface area (Å²) >= 11 is 1.31. The zero-order valence-electron chi connectivity index (χ0n) is 15.5. The summed E-state index contributed by atoms with van der Waals surface area (Å²) < 4.78 is 0. The van der Waals surface area contributed by atoms with Crippen LogP contribution in [0, 0.1) is 25.2 Å². The number of nitriles is 1. The Morgan fingerprint density at radius 1 is 1.15 bits per heavy atom. The molecule has 0 aliphatic rings. The number of carbonyl (C=O) groups excluding carboxylic acids is 1. The molecule has 1 amide bonds. The first-order valence-corrected chi connectivity index (χ1v) is 9.81. The van der Waals surface area contributed by atoms with Crippen molar-refractivity contribution >= 4 is 28.6 Å². The maximum Gasteiger partial charge on any atom is 0.230 e. The first-order chi connectivity index (χ1) is 13.1. The summed E-state index contributed by atoms with van der Waals surface area (Å²) in [6, 6.07) is 18.2. The third-order valence-corrected chi connectivity index (χ3v) is 5.43. The zero-order chi connectivity index (χ0) is 19.2. The third-order valence-electron chi connectivity index (χ3n) is 4.43. The fourth-order valence-electron chi connectivity index (χ4n) is 2.79. The van der Waals surface area contributed by atoms with Gasteiger partial charge in [-0.2, -0.15) is 5.26 Å². The Labute approximate surface area is 163 Å². The smallest absolute Gasteiger partial charge is 0.230 e. The highest BCUT2D eigenvalue weighted by Gasteiger charge is 2.11. The maximum absolute atomic E-state index is 12.1. The van der Waals surface area contributed by atoms with Crippen molar-refractivity contribution in [2.45, 2.75) is 25.3 Å². The Morgan fingerprint density at radius 3 is 2.63 bits per heavy atom. The second kappa shape index (κ2) is 8.70. The van der Waals surface area contributed by atoms with Crippen molar-refractivity contribution in [3.05, 3.63) is 70.8 Å². The Hall–Kier alpha value is -2.84. The number of hydrogen-bond donors (Lipinski definition) is 1. The first kappa shape index (κ1) is 18.9. The molecule has 1 aromatic heterocycles. The van der Waals surface area contributed by atoms with E-state index < -0.39 is 0 Å². The highest BCUT2D eigenvalue weighted by Crippen LogP contribution is 2.26. The van der Waals surface area contributed by atoms with Crippen LogP contribution in [0.4, 0.5) is 0 Å². The number of benzene rings is 2. The van der Waals surface area contributed by atoms with Crippen molar-refractivity contribution in [3.63, 3.8) is 0 Å².